The maximum Gasteiger partial charge on any atom is 0.346 e. The van der Waals surface area contributed by atoms with Crippen molar-refractivity contribution in [2.75, 3.05) is 0 Å². The molecular weight excluding hydrogens is 204 g/mol. The van der Waals surface area contributed by atoms with Crippen LogP contribution in [0.4, 0.5) is 0 Å². The Morgan fingerprint density at radius 2 is 2.06 bits per heavy atom. The minimum Gasteiger partial charge on any atom is -0.507 e. The molecule has 0 unspecified atom stereocenters. The van der Waals surface area contributed by atoms with E-state index in [4.69, 9.17) is 4.74 Å². The standard InChI is InChI=1S/C13H16O3/c1-3-7-10(4-2)16-13(15)11-8-5-6-9-12(11)14/h5-9,14H,3-4H2,1-2H3/b10-7+. The summed E-state index contributed by atoms with van der Waals surface area (Å²) in [6, 6.07) is 6.35. The minimum atomic E-state index is -0.514. The van der Waals surface area contributed by atoms with E-state index in [9.17, 15) is 9.90 Å². The van der Waals surface area contributed by atoms with Crippen LogP contribution >= 0.6 is 0 Å². The number of phenolic OH excluding ortho intramolecular Hbond substituents is 1. The van der Waals surface area contributed by atoms with Gasteiger partial charge in [0.15, 0.2) is 0 Å². The molecule has 86 valence electrons. The number of rotatable bonds is 4. The van der Waals surface area contributed by atoms with Crippen LogP contribution in [0.3, 0.4) is 0 Å². The zero-order chi connectivity index (χ0) is 12.0. The van der Waals surface area contributed by atoms with Crippen LogP contribution in [-0.4, -0.2) is 11.1 Å². The third-order valence-corrected chi connectivity index (χ3v) is 2.13. The minimum absolute atomic E-state index is 0.0561. The molecule has 1 N–H and O–H groups in total. The van der Waals surface area contributed by atoms with Gasteiger partial charge in [-0.3, -0.25) is 0 Å². The number of hydrogen-bond acceptors (Lipinski definition) is 3. The number of hydrogen-bond donors (Lipinski definition) is 1. The summed E-state index contributed by atoms with van der Waals surface area (Å²) in [6.07, 6.45) is 3.34. The molecule has 0 aromatic heterocycles. The lowest BCUT2D eigenvalue weighted by atomic mass is 10.2. The van der Waals surface area contributed by atoms with E-state index in [0.29, 0.717) is 12.2 Å². The monoisotopic (exact) mass is 220 g/mol. The first-order chi connectivity index (χ1) is 7.69. The summed E-state index contributed by atoms with van der Waals surface area (Å²) in [5.41, 5.74) is 0.193. The number of phenols is 1. The van der Waals surface area contributed by atoms with Crippen molar-refractivity contribution in [3.05, 3.63) is 41.7 Å². The molecule has 0 aliphatic heterocycles. The van der Waals surface area contributed by atoms with Crippen LogP contribution in [0, 0.1) is 0 Å². The SMILES string of the molecule is CC/C=C(\CC)OC(=O)c1ccccc1O. The normalized spacial score (nSPS) is 11.2. The Balaban J connectivity index is 2.80. The highest BCUT2D eigenvalue weighted by Gasteiger charge is 2.12. The summed E-state index contributed by atoms with van der Waals surface area (Å²) in [7, 11) is 0. The molecule has 0 aliphatic carbocycles. The Labute approximate surface area is 95.4 Å². The van der Waals surface area contributed by atoms with Gasteiger partial charge in [0, 0.05) is 6.42 Å². The molecule has 0 saturated carbocycles. The molecule has 0 fully saturated rings. The molecule has 0 radical (unpaired) electrons. The number of carbonyl (C=O) groups excluding carboxylic acids is 1. The summed E-state index contributed by atoms with van der Waals surface area (Å²) in [5.74, 6) is 0.0647. The number of ether oxygens (including phenoxy) is 1. The van der Waals surface area contributed by atoms with Gasteiger partial charge in [0.05, 0.1) is 0 Å². The van der Waals surface area contributed by atoms with Gasteiger partial charge in [-0.15, -0.1) is 0 Å². The van der Waals surface area contributed by atoms with Crippen LogP contribution in [0.1, 0.15) is 37.0 Å². The van der Waals surface area contributed by atoms with Gasteiger partial charge in [-0.1, -0.05) is 26.0 Å². The molecule has 0 aliphatic rings. The number of benzene rings is 1. The van der Waals surface area contributed by atoms with Crippen molar-refractivity contribution in [1.82, 2.24) is 0 Å². The number of aromatic hydroxyl groups is 1. The van der Waals surface area contributed by atoms with Crippen LogP contribution < -0.4 is 0 Å². The summed E-state index contributed by atoms with van der Waals surface area (Å²) in [5, 5.41) is 9.48. The summed E-state index contributed by atoms with van der Waals surface area (Å²) < 4.78 is 5.17. The first-order valence-electron chi connectivity index (χ1n) is 5.38. The van der Waals surface area contributed by atoms with Gasteiger partial charge in [0.2, 0.25) is 0 Å². The quantitative estimate of drug-likeness (QED) is 0.625. The van der Waals surface area contributed by atoms with Crippen LogP contribution in [0.15, 0.2) is 36.1 Å². The average Bonchev–Trinajstić information content (AvgIpc) is 2.28. The fraction of sp³-hybridized carbons (Fsp3) is 0.308. The molecule has 0 amide bonds. The smallest absolute Gasteiger partial charge is 0.346 e. The van der Waals surface area contributed by atoms with Crippen LogP contribution in [0.5, 0.6) is 5.75 Å². The van der Waals surface area contributed by atoms with Crippen LogP contribution in [-0.2, 0) is 4.74 Å². The number of allylic oxidation sites excluding steroid dienone is 2. The molecule has 3 heteroatoms. The van der Waals surface area contributed by atoms with Crippen molar-refractivity contribution in [2.45, 2.75) is 26.7 Å². The van der Waals surface area contributed by atoms with E-state index >= 15 is 0 Å². The highest BCUT2D eigenvalue weighted by molar-refractivity contribution is 5.92. The highest BCUT2D eigenvalue weighted by atomic mass is 16.5. The lowest BCUT2D eigenvalue weighted by Gasteiger charge is -2.07. The molecule has 1 aromatic carbocycles. The molecule has 1 aromatic rings. The number of carbonyl (C=O) groups is 1. The maximum absolute atomic E-state index is 11.7. The van der Waals surface area contributed by atoms with Gasteiger partial charge < -0.3 is 9.84 Å². The van der Waals surface area contributed by atoms with Crippen LogP contribution in [0.2, 0.25) is 0 Å². The molecule has 0 spiro atoms. The molecule has 0 bridgehead atoms. The third-order valence-electron chi connectivity index (χ3n) is 2.13. The zero-order valence-electron chi connectivity index (χ0n) is 9.56. The van der Waals surface area contributed by atoms with E-state index in [1.54, 1.807) is 12.1 Å². The summed E-state index contributed by atoms with van der Waals surface area (Å²) >= 11 is 0. The van der Waals surface area contributed by atoms with E-state index in [1.165, 1.54) is 12.1 Å². The predicted molar refractivity (Wildman–Crippen MR) is 62.2 cm³/mol. The average molecular weight is 220 g/mol. The second kappa shape index (κ2) is 5.95. The van der Waals surface area contributed by atoms with Gasteiger partial charge in [-0.2, -0.15) is 0 Å². The number of esters is 1. The van der Waals surface area contributed by atoms with Crippen molar-refractivity contribution >= 4 is 5.97 Å². The van der Waals surface area contributed by atoms with Crippen molar-refractivity contribution < 1.29 is 14.6 Å². The Hall–Kier alpha value is -1.77. The second-order valence-electron chi connectivity index (χ2n) is 3.34. The van der Waals surface area contributed by atoms with Gasteiger partial charge in [0.1, 0.15) is 17.1 Å². The van der Waals surface area contributed by atoms with E-state index < -0.39 is 5.97 Å². The van der Waals surface area contributed by atoms with E-state index in [2.05, 4.69) is 0 Å². The van der Waals surface area contributed by atoms with Gasteiger partial charge in [0.25, 0.3) is 0 Å². The zero-order valence-corrected chi connectivity index (χ0v) is 9.56. The lowest BCUT2D eigenvalue weighted by molar-refractivity contribution is 0.0612. The Morgan fingerprint density at radius 1 is 1.38 bits per heavy atom. The second-order valence-corrected chi connectivity index (χ2v) is 3.34. The highest BCUT2D eigenvalue weighted by Crippen LogP contribution is 2.18. The lowest BCUT2D eigenvalue weighted by Crippen LogP contribution is -2.05. The molecule has 16 heavy (non-hydrogen) atoms. The van der Waals surface area contributed by atoms with E-state index in [0.717, 1.165) is 6.42 Å². The van der Waals surface area contributed by atoms with Gasteiger partial charge >= 0.3 is 5.97 Å². The first-order valence-corrected chi connectivity index (χ1v) is 5.38. The largest absolute Gasteiger partial charge is 0.507 e. The predicted octanol–water partition coefficient (Wildman–Crippen LogP) is 3.25. The van der Waals surface area contributed by atoms with Crippen LogP contribution in [0.25, 0.3) is 0 Å². The van der Waals surface area contributed by atoms with E-state index in [1.807, 2.05) is 19.9 Å². The molecule has 3 nitrogen and oxygen atoms in total. The Kier molecular flexibility index (Phi) is 4.58. The van der Waals surface area contributed by atoms with Gasteiger partial charge in [-0.05, 0) is 24.6 Å². The molecule has 0 heterocycles. The Morgan fingerprint density at radius 3 is 2.62 bits per heavy atom. The van der Waals surface area contributed by atoms with Gasteiger partial charge in [-0.25, -0.2) is 4.79 Å². The topological polar surface area (TPSA) is 46.5 Å². The molecule has 0 saturated heterocycles. The molecular formula is C13H16O3. The van der Waals surface area contributed by atoms with Crippen molar-refractivity contribution in [3.8, 4) is 5.75 Å². The fourth-order valence-corrected chi connectivity index (χ4v) is 1.31. The van der Waals surface area contributed by atoms with E-state index in [-0.39, 0.29) is 11.3 Å². The molecule has 1 rings (SSSR count). The third kappa shape index (κ3) is 3.12. The molecule has 0 atom stereocenters. The van der Waals surface area contributed by atoms with Crippen molar-refractivity contribution in [1.29, 1.82) is 0 Å². The maximum atomic E-state index is 11.7. The summed E-state index contributed by atoms with van der Waals surface area (Å²) in [4.78, 5) is 11.7. The summed E-state index contributed by atoms with van der Waals surface area (Å²) in [6.45, 7) is 3.89. The fourth-order valence-electron chi connectivity index (χ4n) is 1.31. The number of para-hydroxylation sites is 1. The first kappa shape index (κ1) is 12.3. The van der Waals surface area contributed by atoms with Crippen molar-refractivity contribution in [3.63, 3.8) is 0 Å². The Bertz CT molecular complexity index is 394. The van der Waals surface area contributed by atoms with Crippen molar-refractivity contribution in [2.24, 2.45) is 0 Å².